The number of hydrogen-bond donors (Lipinski definition) is 1. The molecule has 29 heavy (non-hydrogen) atoms. The normalized spacial score (nSPS) is 11.6. The quantitative estimate of drug-likeness (QED) is 0.530. The molecular weight excluding hydrogens is 388 g/mol. The van der Waals surface area contributed by atoms with Crippen molar-refractivity contribution in [2.45, 2.75) is 30.9 Å². The lowest BCUT2D eigenvalue weighted by atomic mass is 10.1. The highest BCUT2D eigenvalue weighted by Crippen LogP contribution is 2.26. The second kappa shape index (κ2) is 10.7. The predicted octanol–water partition coefficient (Wildman–Crippen LogP) is 3.29. The Morgan fingerprint density at radius 2 is 1.62 bits per heavy atom. The van der Waals surface area contributed by atoms with E-state index in [1.807, 2.05) is 19.9 Å². The monoisotopic (exact) mass is 414 g/mol. The van der Waals surface area contributed by atoms with Gasteiger partial charge in [-0.3, -0.25) is 9.59 Å². The van der Waals surface area contributed by atoms with Crippen LogP contribution in [0, 0.1) is 0 Å². The molecule has 0 unspecified atom stereocenters. The van der Waals surface area contributed by atoms with E-state index in [-0.39, 0.29) is 23.6 Å². The molecule has 154 valence electrons. The molecule has 0 aromatic heterocycles. The number of carbonyl (C=O) groups is 3. The molecule has 0 bridgehead atoms. The van der Waals surface area contributed by atoms with Gasteiger partial charge >= 0.3 is 5.97 Å². The molecule has 0 spiro atoms. The van der Waals surface area contributed by atoms with E-state index >= 15 is 0 Å². The molecule has 6 nitrogen and oxygen atoms in total. The van der Waals surface area contributed by atoms with Crippen molar-refractivity contribution in [2.75, 3.05) is 19.8 Å². The van der Waals surface area contributed by atoms with Gasteiger partial charge in [0.15, 0.2) is 0 Å². The number of likely N-dealkylation sites (N-methyl/N-ethyl adjacent to an activating group) is 1. The molecular formula is C22H26N2O4S. The number of thioether (sulfide) groups is 1. The molecule has 0 aliphatic rings. The SMILES string of the molecule is CC(C)NC(=O)CSc1ccccc1C(=O)O[C@@H](C(=O)N(C)C)c1ccccc1. The highest BCUT2D eigenvalue weighted by Gasteiger charge is 2.28. The molecule has 7 heteroatoms. The summed E-state index contributed by atoms with van der Waals surface area (Å²) >= 11 is 1.25. The van der Waals surface area contributed by atoms with Crippen molar-refractivity contribution in [3.8, 4) is 0 Å². The zero-order chi connectivity index (χ0) is 21.4. The van der Waals surface area contributed by atoms with Crippen molar-refractivity contribution in [1.82, 2.24) is 10.2 Å². The zero-order valence-electron chi connectivity index (χ0n) is 17.0. The van der Waals surface area contributed by atoms with Gasteiger partial charge in [0, 0.05) is 30.6 Å². The first kappa shape index (κ1) is 22.5. The zero-order valence-corrected chi connectivity index (χ0v) is 17.9. The van der Waals surface area contributed by atoms with Gasteiger partial charge in [-0.2, -0.15) is 0 Å². The summed E-state index contributed by atoms with van der Waals surface area (Å²) in [5.41, 5.74) is 0.920. The van der Waals surface area contributed by atoms with Gasteiger partial charge in [0.25, 0.3) is 5.91 Å². The Morgan fingerprint density at radius 1 is 1.00 bits per heavy atom. The van der Waals surface area contributed by atoms with Crippen LogP contribution in [-0.2, 0) is 14.3 Å². The summed E-state index contributed by atoms with van der Waals surface area (Å²) in [7, 11) is 3.23. The summed E-state index contributed by atoms with van der Waals surface area (Å²) in [6.07, 6.45) is -1.04. The highest BCUT2D eigenvalue weighted by atomic mass is 32.2. The van der Waals surface area contributed by atoms with Crippen molar-refractivity contribution in [3.63, 3.8) is 0 Å². The molecule has 0 saturated heterocycles. The standard InChI is InChI=1S/C22H26N2O4S/c1-15(2)23-19(25)14-29-18-13-9-8-12-17(18)22(27)28-20(21(26)24(3)4)16-10-6-5-7-11-16/h5-13,15,20H,14H2,1-4H3,(H,23,25)/t20-/m1/s1. The molecule has 0 aliphatic heterocycles. The van der Waals surface area contributed by atoms with E-state index in [1.165, 1.54) is 16.7 Å². The van der Waals surface area contributed by atoms with Crippen LogP contribution in [-0.4, -0.2) is 48.6 Å². The molecule has 0 aliphatic carbocycles. The second-order valence-corrected chi connectivity index (χ2v) is 7.95. The first-order valence-electron chi connectivity index (χ1n) is 9.28. The van der Waals surface area contributed by atoms with E-state index in [0.717, 1.165) is 0 Å². The van der Waals surface area contributed by atoms with Crippen molar-refractivity contribution in [2.24, 2.45) is 0 Å². The summed E-state index contributed by atoms with van der Waals surface area (Å²) in [6, 6.07) is 15.9. The minimum atomic E-state index is -1.04. The molecule has 2 amide bonds. The number of rotatable bonds is 8. The Balaban J connectivity index is 2.20. The Bertz CT molecular complexity index is 853. The van der Waals surface area contributed by atoms with Gasteiger partial charge < -0.3 is 15.0 Å². The Morgan fingerprint density at radius 3 is 2.24 bits per heavy atom. The van der Waals surface area contributed by atoms with E-state index in [2.05, 4.69) is 5.32 Å². The van der Waals surface area contributed by atoms with Gasteiger partial charge in [0.05, 0.1) is 11.3 Å². The largest absolute Gasteiger partial charge is 0.444 e. The fourth-order valence-electron chi connectivity index (χ4n) is 2.56. The topological polar surface area (TPSA) is 75.7 Å². The Labute approximate surface area is 175 Å². The van der Waals surface area contributed by atoms with Gasteiger partial charge in [-0.1, -0.05) is 42.5 Å². The Kier molecular flexibility index (Phi) is 8.27. The molecule has 1 atom stereocenters. The maximum absolute atomic E-state index is 12.9. The van der Waals surface area contributed by atoms with E-state index in [4.69, 9.17) is 4.74 Å². The number of carbonyl (C=O) groups excluding carboxylic acids is 3. The third-order valence-electron chi connectivity index (χ3n) is 3.91. The van der Waals surface area contributed by atoms with Crippen molar-refractivity contribution >= 4 is 29.5 Å². The van der Waals surface area contributed by atoms with E-state index < -0.39 is 12.1 Å². The number of ether oxygens (including phenoxy) is 1. The lowest BCUT2D eigenvalue weighted by molar-refractivity contribution is -0.138. The highest BCUT2D eigenvalue weighted by molar-refractivity contribution is 8.00. The fourth-order valence-corrected chi connectivity index (χ4v) is 3.41. The summed E-state index contributed by atoms with van der Waals surface area (Å²) in [6.45, 7) is 3.78. The lowest BCUT2D eigenvalue weighted by Gasteiger charge is -2.21. The predicted molar refractivity (Wildman–Crippen MR) is 114 cm³/mol. The number of benzene rings is 2. The number of nitrogens with zero attached hydrogens (tertiary/aromatic N) is 1. The number of amides is 2. The van der Waals surface area contributed by atoms with Crippen LogP contribution in [0.5, 0.6) is 0 Å². The average Bonchev–Trinajstić information content (AvgIpc) is 2.70. The minimum Gasteiger partial charge on any atom is -0.444 e. The number of hydrogen-bond acceptors (Lipinski definition) is 5. The van der Waals surface area contributed by atoms with Crippen molar-refractivity contribution in [1.29, 1.82) is 0 Å². The summed E-state index contributed by atoms with van der Waals surface area (Å²) in [5.74, 6) is -0.869. The van der Waals surface area contributed by atoms with Crippen LogP contribution < -0.4 is 5.32 Å². The first-order valence-corrected chi connectivity index (χ1v) is 10.3. The average molecular weight is 415 g/mol. The van der Waals surface area contributed by atoms with E-state index in [0.29, 0.717) is 16.0 Å². The van der Waals surface area contributed by atoms with Crippen LogP contribution in [0.25, 0.3) is 0 Å². The van der Waals surface area contributed by atoms with Crippen LogP contribution in [0.4, 0.5) is 0 Å². The van der Waals surface area contributed by atoms with Crippen molar-refractivity contribution in [3.05, 3.63) is 65.7 Å². The van der Waals surface area contributed by atoms with Gasteiger partial charge in [-0.05, 0) is 26.0 Å². The first-order chi connectivity index (χ1) is 13.8. The van der Waals surface area contributed by atoms with Crippen LogP contribution in [0.3, 0.4) is 0 Å². The third-order valence-corrected chi connectivity index (χ3v) is 4.98. The van der Waals surface area contributed by atoms with Gasteiger partial charge in [-0.15, -0.1) is 11.8 Å². The molecule has 0 heterocycles. The van der Waals surface area contributed by atoms with E-state index in [1.54, 1.807) is 62.6 Å². The van der Waals surface area contributed by atoms with Gasteiger partial charge in [0.2, 0.25) is 12.0 Å². The molecule has 2 aromatic carbocycles. The molecule has 2 rings (SSSR count). The second-order valence-electron chi connectivity index (χ2n) is 6.94. The van der Waals surface area contributed by atoms with Crippen LogP contribution in [0.1, 0.15) is 35.9 Å². The van der Waals surface area contributed by atoms with Crippen LogP contribution in [0.2, 0.25) is 0 Å². The molecule has 0 saturated carbocycles. The number of esters is 1. The molecule has 1 N–H and O–H groups in total. The van der Waals surface area contributed by atoms with E-state index in [9.17, 15) is 14.4 Å². The third kappa shape index (κ3) is 6.64. The molecule has 0 radical (unpaired) electrons. The van der Waals surface area contributed by atoms with Gasteiger partial charge in [0.1, 0.15) is 0 Å². The molecule has 2 aromatic rings. The fraction of sp³-hybridized carbons (Fsp3) is 0.318. The van der Waals surface area contributed by atoms with Crippen LogP contribution in [0.15, 0.2) is 59.5 Å². The summed E-state index contributed by atoms with van der Waals surface area (Å²) in [5, 5.41) is 2.82. The van der Waals surface area contributed by atoms with Crippen LogP contribution >= 0.6 is 11.8 Å². The Hall–Kier alpha value is -2.80. The maximum Gasteiger partial charge on any atom is 0.340 e. The van der Waals surface area contributed by atoms with Crippen molar-refractivity contribution < 1.29 is 19.1 Å². The number of nitrogens with one attached hydrogen (secondary N) is 1. The minimum absolute atomic E-state index is 0.0481. The summed E-state index contributed by atoms with van der Waals surface area (Å²) in [4.78, 5) is 39.4. The lowest BCUT2D eigenvalue weighted by Crippen LogP contribution is -2.32. The smallest absolute Gasteiger partial charge is 0.340 e. The van der Waals surface area contributed by atoms with Gasteiger partial charge in [-0.25, -0.2) is 4.79 Å². The summed E-state index contributed by atoms with van der Waals surface area (Å²) < 4.78 is 5.61. The molecule has 0 fully saturated rings. The maximum atomic E-state index is 12.9.